The van der Waals surface area contributed by atoms with Gasteiger partial charge in [-0.15, -0.1) is 0 Å². The highest BCUT2D eigenvalue weighted by Gasteiger charge is 2.21. The Balaban J connectivity index is 1.77. The van der Waals surface area contributed by atoms with E-state index in [2.05, 4.69) is 27.7 Å². The lowest BCUT2D eigenvalue weighted by Crippen LogP contribution is -2.48. The molecule has 1 amide bonds. The molecule has 7 nitrogen and oxygen atoms in total. The van der Waals surface area contributed by atoms with Crippen molar-refractivity contribution >= 4 is 30.2 Å². The summed E-state index contributed by atoms with van der Waals surface area (Å²) < 4.78 is 5.41. The molecule has 2 rings (SSSR count). The SMILES string of the molecule is COc1ccccc1N1CCN(CCC(=O)N[C@@H](CS)C(=O)O)CC1. The van der Waals surface area contributed by atoms with Gasteiger partial charge >= 0.3 is 5.97 Å². The maximum atomic E-state index is 11.9. The second-order valence-corrected chi connectivity index (χ2v) is 6.26. The predicted molar refractivity (Wildman–Crippen MR) is 99.7 cm³/mol. The Morgan fingerprint density at radius 3 is 2.56 bits per heavy atom. The fourth-order valence-electron chi connectivity index (χ4n) is 2.82. The first kappa shape index (κ1) is 19.4. The Bertz CT molecular complexity index is 591. The standard InChI is InChI=1S/C17H25N3O4S/c1-24-15-5-3-2-4-14(15)20-10-8-19(9-11-20)7-6-16(21)18-13(12-25)17(22)23/h2-5,13,25H,6-12H2,1H3,(H,18,21)(H,22,23)/t13-/m0/s1. The number of para-hydroxylation sites is 2. The molecule has 0 aromatic heterocycles. The van der Waals surface area contributed by atoms with Crippen molar-refractivity contribution in [2.45, 2.75) is 12.5 Å². The van der Waals surface area contributed by atoms with Gasteiger partial charge in [-0.1, -0.05) is 12.1 Å². The summed E-state index contributed by atoms with van der Waals surface area (Å²) >= 11 is 3.94. The molecule has 1 aromatic carbocycles. The van der Waals surface area contributed by atoms with E-state index in [1.165, 1.54) is 0 Å². The molecule has 25 heavy (non-hydrogen) atoms. The number of carbonyl (C=O) groups excluding carboxylic acids is 1. The van der Waals surface area contributed by atoms with Crippen molar-refractivity contribution in [3.05, 3.63) is 24.3 Å². The number of carbonyl (C=O) groups is 2. The highest BCUT2D eigenvalue weighted by atomic mass is 32.1. The number of hydrogen-bond donors (Lipinski definition) is 3. The molecule has 0 aliphatic carbocycles. The summed E-state index contributed by atoms with van der Waals surface area (Å²) in [7, 11) is 1.67. The van der Waals surface area contributed by atoms with Crippen LogP contribution in [0.3, 0.4) is 0 Å². The number of amides is 1. The Labute approximate surface area is 153 Å². The van der Waals surface area contributed by atoms with E-state index >= 15 is 0 Å². The fraction of sp³-hybridized carbons (Fsp3) is 0.529. The van der Waals surface area contributed by atoms with E-state index in [1.807, 2.05) is 24.3 Å². The van der Waals surface area contributed by atoms with Crippen LogP contribution in [0.1, 0.15) is 6.42 Å². The summed E-state index contributed by atoms with van der Waals surface area (Å²) in [5.74, 6) is -0.372. The van der Waals surface area contributed by atoms with Crippen LogP contribution in [0.25, 0.3) is 0 Å². The van der Waals surface area contributed by atoms with Crippen LogP contribution in [-0.2, 0) is 9.59 Å². The molecule has 1 atom stereocenters. The van der Waals surface area contributed by atoms with Crippen LogP contribution in [0.2, 0.25) is 0 Å². The number of benzene rings is 1. The molecule has 138 valence electrons. The van der Waals surface area contributed by atoms with E-state index in [-0.39, 0.29) is 18.1 Å². The molecule has 0 bridgehead atoms. The molecule has 0 spiro atoms. The summed E-state index contributed by atoms with van der Waals surface area (Å²) in [6.07, 6.45) is 0.284. The molecule has 1 fully saturated rings. The van der Waals surface area contributed by atoms with Gasteiger partial charge in [0.2, 0.25) is 5.91 Å². The lowest BCUT2D eigenvalue weighted by Gasteiger charge is -2.36. The van der Waals surface area contributed by atoms with Gasteiger partial charge in [0.25, 0.3) is 0 Å². The minimum Gasteiger partial charge on any atom is -0.495 e. The molecular formula is C17H25N3O4S. The first-order valence-electron chi connectivity index (χ1n) is 8.28. The number of nitrogens with one attached hydrogen (secondary N) is 1. The van der Waals surface area contributed by atoms with Crippen molar-refractivity contribution in [2.24, 2.45) is 0 Å². The molecule has 1 aliphatic rings. The molecule has 1 aliphatic heterocycles. The number of anilines is 1. The van der Waals surface area contributed by atoms with Gasteiger partial charge < -0.3 is 20.1 Å². The number of carboxylic acids is 1. The number of thiol groups is 1. The Kier molecular flexibility index (Phi) is 7.39. The largest absolute Gasteiger partial charge is 0.495 e. The van der Waals surface area contributed by atoms with Crippen molar-refractivity contribution in [1.82, 2.24) is 10.2 Å². The number of aliphatic carboxylic acids is 1. The normalized spacial score (nSPS) is 16.3. The second kappa shape index (κ2) is 9.53. The summed E-state index contributed by atoms with van der Waals surface area (Å²) in [4.78, 5) is 27.3. The Hall–Kier alpha value is -1.93. The van der Waals surface area contributed by atoms with Gasteiger partial charge in [-0.25, -0.2) is 4.79 Å². The van der Waals surface area contributed by atoms with E-state index in [9.17, 15) is 9.59 Å². The smallest absolute Gasteiger partial charge is 0.327 e. The van der Waals surface area contributed by atoms with Crippen LogP contribution in [0.15, 0.2) is 24.3 Å². The molecule has 1 saturated heterocycles. The van der Waals surface area contributed by atoms with E-state index in [0.29, 0.717) is 6.54 Å². The average molecular weight is 367 g/mol. The van der Waals surface area contributed by atoms with Crippen LogP contribution >= 0.6 is 12.6 Å². The number of rotatable bonds is 8. The number of piperazine rings is 1. The third kappa shape index (κ3) is 5.54. The molecule has 1 heterocycles. The summed E-state index contributed by atoms with van der Waals surface area (Å²) in [6.45, 7) is 4.03. The van der Waals surface area contributed by atoms with Gasteiger partial charge in [0.05, 0.1) is 12.8 Å². The van der Waals surface area contributed by atoms with Crippen molar-refractivity contribution in [2.75, 3.05) is 50.5 Å². The molecule has 0 radical (unpaired) electrons. The van der Waals surface area contributed by atoms with Gasteiger partial charge in [0, 0.05) is 44.9 Å². The summed E-state index contributed by atoms with van der Waals surface area (Å²) in [5.41, 5.74) is 1.08. The number of carboxylic acid groups (broad SMARTS) is 1. The molecular weight excluding hydrogens is 342 g/mol. The third-order valence-corrected chi connectivity index (χ3v) is 4.63. The molecule has 0 saturated carbocycles. The Morgan fingerprint density at radius 1 is 1.28 bits per heavy atom. The minimum atomic E-state index is -1.06. The van der Waals surface area contributed by atoms with E-state index in [0.717, 1.165) is 37.6 Å². The highest BCUT2D eigenvalue weighted by Crippen LogP contribution is 2.28. The lowest BCUT2D eigenvalue weighted by atomic mass is 10.2. The van der Waals surface area contributed by atoms with E-state index in [1.54, 1.807) is 7.11 Å². The predicted octanol–water partition coefficient (Wildman–Crippen LogP) is 0.706. The fourth-order valence-corrected chi connectivity index (χ4v) is 3.06. The first-order valence-corrected chi connectivity index (χ1v) is 8.91. The van der Waals surface area contributed by atoms with Gasteiger partial charge in [-0.3, -0.25) is 9.69 Å². The van der Waals surface area contributed by atoms with Crippen molar-refractivity contribution in [3.8, 4) is 5.75 Å². The zero-order valence-electron chi connectivity index (χ0n) is 14.4. The van der Waals surface area contributed by atoms with Crippen LogP contribution in [-0.4, -0.2) is 73.5 Å². The van der Waals surface area contributed by atoms with Crippen LogP contribution in [0.5, 0.6) is 5.75 Å². The average Bonchev–Trinajstić information content (AvgIpc) is 2.64. The van der Waals surface area contributed by atoms with Gasteiger partial charge in [0.15, 0.2) is 0 Å². The summed E-state index contributed by atoms with van der Waals surface area (Å²) in [5, 5.41) is 11.4. The monoisotopic (exact) mass is 367 g/mol. The van der Waals surface area contributed by atoms with Crippen molar-refractivity contribution in [3.63, 3.8) is 0 Å². The van der Waals surface area contributed by atoms with Gasteiger partial charge in [-0.2, -0.15) is 12.6 Å². The molecule has 0 unspecified atom stereocenters. The first-order chi connectivity index (χ1) is 12.0. The number of nitrogens with zero attached hydrogens (tertiary/aromatic N) is 2. The third-order valence-electron chi connectivity index (χ3n) is 4.27. The zero-order valence-corrected chi connectivity index (χ0v) is 15.2. The van der Waals surface area contributed by atoms with Crippen molar-refractivity contribution in [1.29, 1.82) is 0 Å². The second-order valence-electron chi connectivity index (χ2n) is 5.89. The van der Waals surface area contributed by atoms with Gasteiger partial charge in [0.1, 0.15) is 11.8 Å². The van der Waals surface area contributed by atoms with Crippen molar-refractivity contribution < 1.29 is 19.4 Å². The molecule has 1 aromatic rings. The molecule has 8 heteroatoms. The maximum absolute atomic E-state index is 11.9. The quantitative estimate of drug-likeness (QED) is 0.587. The highest BCUT2D eigenvalue weighted by molar-refractivity contribution is 7.80. The topological polar surface area (TPSA) is 82.1 Å². The van der Waals surface area contributed by atoms with Crippen LogP contribution in [0.4, 0.5) is 5.69 Å². The van der Waals surface area contributed by atoms with Crippen LogP contribution in [0, 0.1) is 0 Å². The van der Waals surface area contributed by atoms with E-state index < -0.39 is 12.0 Å². The van der Waals surface area contributed by atoms with Gasteiger partial charge in [-0.05, 0) is 12.1 Å². The maximum Gasteiger partial charge on any atom is 0.327 e. The number of hydrogen-bond acceptors (Lipinski definition) is 6. The lowest BCUT2D eigenvalue weighted by molar-refractivity contribution is -0.141. The van der Waals surface area contributed by atoms with E-state index in [4.69, 9.17) is 9.84 Å². The minimum absolute atomic E-state index is 0.0820. The number of ether oxygens (including phenoxy) is 1. The number of methoxy groups -OCH3 is 1. The summed E-state index contributed by atoms with van der Waals surface area (Å²) in [6, 6.07) is 7.01. The molecule has 2 N–H and O–H groups in total. The van der Waals surface area contributed by atoms with Crippen LogP contribution < -0.4 is 15.0 Å². The zero-order chi connectivity index (χ0) is 18.2. The Morgan fingerprint density at radius 2 is 1.96 bits per heavy atom.